The maximum atomic E-state index is 5.27. The summed E-state index contributed by atoms with van der Waals surface area (Å²) in [6.07, 6.45) is 0.531. The monoisotopic (exact) mass is 96.0 g/mol. The van der Waals surface area contributed by atoms with E-state index in [1.807, 2.05) is 0 Å². The Labute approximate surface area is 46.9 Å². The van der Waals surface area contributed by atoms with Gasteiger partial charge in [0.25, 0.3) is 0 Å². The van der Waals surface area contributed by atoms with E-state index in [0.717, 1.165) is 0 Å². The molecule has 0 nitrogen and oxygen atoms in total. The third kappa shape index (κ3) is 2.70. The van der Waals surface area contributed by atoms with Crippen LogP contribution in [0, 0.1) is 0 Å². The van der Waals surface area contributed by atoms with Crippen molar-refractivity contribution in [2.45, 2.75) is 12.1 Å². The van der Waals surface area contributed by atoms with Crippen LogP contribution >= 0.6 is 12.6 Å². The van der Waals surface area contributed by atoms with Gasteiger partial charge in [-0.1, -0.05) is 12.1 Å². The van der Waals surface area contributed by atoms with E-state index in [-0.39, 0.29) is 5.82 Å². The lowest BCUT2D eigenvalue weighted by Crippen LogP contribution is -1.90. The van der Waals surface area contributed by atoms with Crippen molar-refractivity contribution in [1.29, 1.82) is 0 Å². The summed E-state index contributed by atoms with van der Waals surface area (Å²) >= 11 is 3.89. The van der Waals surface area contributed by atoms with Crippen molar-refractivity contribution in [3.8, 4) is 0 Å². The highest BCUT2D eigenvalue weighted by Gasteiger charge is 1.89. The van der Waals surface area contributed by atoms with Crippen LogP contribution in [0.1, 0.15) is 0 Å². The molecule has 0 heterocycles. The Morgan fingerprint density at radius 1 is 1.67 bits per heavy atom. The van der Waals surface area contributed by atoms with Gasteiger partial charge in [-0.3, -0.25) is 0 Å². The van der Waals surface area contributed by atoms with Gasteiger partial charge in [-0.25, -0.2) is 0 Å². The highest BCUT2D eigenvalue weighted by molar-refractivity contribution is 7.80. The Hall–Kier alpha value is 0.480. The second-order valence-electron chi connectivity index (χ2n) is 1.18. The van der Waals surface area contributed by atoms with Gasteiger partial charge in [0, 0.05) is 0 Å². The van der Waals surface area contributed by atoms with E-state index in [1.165, 1.54) is 0 Å². The van der Waals surface area contributed by atoms with E-state index >= 15 is 0 Å². The summed E-state index contributed by atoms with van der Waals surface area (Å²) in [7, 11) is 10.4. The van der Waals surface area contributed by atoms with Gasteiger partial charge in [0.2, 0.25) is 0 Å². The smallest absolute Gasteiger partial charge is 0.0700 e. The van der Waals surface area contributed by atoms with Crippen molar-refractivity contribution < 1.29 is 0 Å². The van der Waals surface area contributed by atoms with Gasteiger partial charge in [0.1, 0.15) is 0 Å². The lowest BCUT2D eigenvalue weighted by atomic mass is 9.78. The molecule has 0 aliphatic rings. The molecule has 0 aliphatic heterocycles. The van der Waals surface area contributed by atoms with E-state index in [2.05, 4.69) is 12.6 Å². The Balaban J connectivity index is 2.75. The van der Waals surface area contributed by atoms with Crippen LogP contribution in [0.4, 0.5) is 0 Å². The van der Waals surface area contributed by atoms with Gasteiger partial charge in [-0.05, 0) is 5.75 Å². The molecule has 30 valence electrons. The number of hydrogen-bond acceptors (Lipinski definition) is 1. The molecule has 0 amide bonds. The van der Waals surface area contributed by atoms with E-state index < -0.39 is 0 Å². The Bertz CT molecular complexity index is 28.0. The number of hydrogen-bond donors (Lipinski definition) is 1. The molecule has 0 aromatic heterocycles. The SMILES string of the molecule is [B]CC([B])CS. The highest BCUT2D eigenvalue weighted by Crippen LogP contribution is 2.02. The first kappa shape index (κ1) is 6.48. The summed E-state index contributed by atoms with van der Waals surface area (Å²) in [6.45, 7) is 0. The average Bonchev–Trinajstić information content (AvgIpc) is 1.65. The Morgan fingerprint density at radius 3 is 2.17 bits per heavy atom. The molecule has 6 heavy (non-hydrogen) atoms. The maximum Gasteiger partial charge on any atom is 0.0700 e. The molecule has 0 spiro atoms. The van der Waals surface area contributed by atoms with Gasteiger partial charge in [-0.2, -0.15) is 12.6 Å². The van der Waals surface area contributed by atoms with E-state index in [0.29, 0.717) is 12.1 Å². The van der Waals surface area contributed by atoms with Crippen LogP contribution < -0.4 is 0 Å². The van der Waals surface area contributed by atoms with Crippen molar-refractivity contribution in [3.05, 3.63) is 0 Å². The van der Waals surface area contributed by atoms with Gasteiger partial charge < -0.3 is 0 Å². The molecule has 1 atom stereocenters. The standard InChI is InChI=1S/C3H6B2S/c4-1-3(5)2-6/h3,6H,1-2H2. The second kappa shape index (κ2) is 3.66. The quantitative estimate of drug-likeness (QED) is 0.374. The summed E-state index contributed by atoms with van der Waals surface area (Å²) in [5.74, 6) is 0.754. The largest absolute Gasteiger partial charge is 0.180 e. The minimum atomic E-state index is 0.0772. The van der Waals surface area contributed by atoms with E-state index in [1.54, 1.807) is 0 Å². The van der Waals surface area contributed by atoms with Crippen molar-refractivity contribution in [2.24, 2.45) is 0 Å². The van der Waals surface area contributed by atoms with Crippen molar-refractivity contribution in [3.63, 3.8) is 0 Å². The van der Waals surface area contributed by atoms with Crippen LogP contribution in [0.2, 0.25) is 12.1 Å². The zero-order valence-electron chi connectivity index (χ0n) is 3.59. The predicted octanol–water partition coefficient (Wildman–Crippen LogP) is 0.460. The van der Waals surface area contributed by atoms with Crippen LogP contribution in [-0.4, -0.2) is 21.4 Å². The summed E-state index contributed by atoms with van der Waals surface area (Å²) in [4.78, 5) is 0. The fourth-order valence-corrected chi connectivity index (χ4v) is 0.224. The minimum absolute atomic E-state index is 0.0772. The van der Waals surface area contributed by atoms with Gasteiger partial charge in [0.05, 0.1) is 15.7 Å². The van der Waals surface area contributed by atoms with Crippen molar-refractivity contribution in [1.82, 2.24) is 0 Å². The predicted molar refractivity (Wildman–Crippen MR) is 33.9 cm³/mol. The summed E-state index contributed by atoms with van der Waals surface area (Å²) in [5, 5.41) is 0. The topological polar surface area (TPSA) is 0 Å². The molecule has 0 aliphatic carbocycles. The maximum absolute atomic E-state index is 5.27. The second-order valence-corrected chi connectivity index (χ2v) is 1.54. The first-order valence-electron chi connectivity index (χ1n) is 1.87. The lowest BCUT2D eigenvalue weighted by Gasteiger charge is -1.98. The third-order valence-electron chi connectivity index (χ3n) is 0.537. The molecule has 0 aromatic carbocycles. The third-order valence-corrected chi connectivity index (χ3v) is 1.01. The van der Waals surface area contributed by atoms with Gasteiger partial charge in [0.15, 0.2) is 0 Å². The number of thiol groups is 1. The van der Waals surface area contributed by atoms with Crippen LogP contribution in [0.5, 0.6) is 0 Å². The van der Waals surface area contributed by atoms with E-state index in [9.17, 15) is 0 Å². The summed E-state index contributed by atoms with van der Waals surface area (Å²) in [5.41, 5.74) is 0. The highest BCUT2D eigenvalue weighted by atomic mass is 32.1. The molecule has 4 radical (unpaired) electrons. The van der Waals surface area contributed by atoms with Gasteiger partial charge in [-0.15, -0.1) is 0 Å². The Kier molecular flexibility index (Phi) is 3.96. The molecule has 0 fully saturated rings. The van der Waals surface area contributed by atoms with Crippen LogP contribution in [-0.2, 0) is 0 Å². The molecule has 0 N–H and O–H groups in total. The van der Waals surface area contributed by atoms with Crippen molar-refractivity contribution >= 4 is 28.3 Å². The molecule has 0 saturated heterocycles. The summed E-state index contributed by atoms with van der Waals surface area (Å²) in [6, 6.07) is 0. The molecule has 3 heteroatoms. The summed E-state index contributed by atoms with van der Waals surface area (Å²) < 4.78 is 0. The lowest BCUT2D eigenvalue weighted by molar-refractivity contribution is 1.09. The molecular weight excluding hydrogens is 89.7 g/mol. The zero-order valence-corrected chi connectivity index (χ0v) is 4.49. The van der Waals surface area contributed by atoms with Crippen LogP contribution in [0.3, 0.4) is 0 Å². The molecule has 0 aromatic rings. The normalized spacial score (nSPS) is 14.2. The number of rotatable bonds is 2. The molecule has 0 rings (SSSR count). The fourth-order valence-electron chi connectivity index (χ4n) is 0.0745. The first-order chi connectivity index (χ1) is 2.81. The Morgan fingerprint density at radius 2 is 2.17 bits per heavy atom. The zero-order chi connectivity index (χ0) is 4.99. The van der Waals surface area contributed by atoms with Crippen molar-refractivity contribution in [2.75, 3.05) is 5.75 Å². The molecule has 1 unspecified atom stereocenters. The molecular formula is C3H6B2S. The van der Waals surface area contributed by atoms with E-state index in [4.69, 9.17) is 15.7 Å². The van der Waals surface area contributed by atoms with Crippen LogP contribution in [0.15, 0.2) is 0 Å². The first-order valence-corrected chi connectivity index (χ1v) is 2.51. The average molecular weight is 95.8 g/mol. The fraction of sp³-hybridized carbons (Fsp3) is 1.00. The molecule has 0 bridgehead atoms. The van der Waals surface area contributed by atoms with Gasteiger partial charge >= 0.3 is 0 Å². The van der Waals surface area contributed by atoms with Crippen LogP contribution in [0.25, 0.3) is 0 Å². The minimum Gasteiger partial charge on any atom is -0.180 e. The molecule has 0 saturated carbocycles.